The number of carbonyl (C=O) groups is 1. The summed E-state index contributed by atoms with van der Waals surface area (Å²) in [6.45, 7) is 1.74. The molecule has 3 rings (SSSR count). The maximum Gasteiger partial charge on any atom is 0.228 e. The number of hydrogen-bond donors (Lipinski definition) is 0. The number of nitrogens with zero attached hydrogens (tertiary/aromatic N) is 2. The minimum absolute atomic E-state index is 0.280. The van der Waals surface area contributed by atoms with Crippen molar-refractivity contribution in [3.05, 3.63) is 29.8 Å². The number of anilines is 1. The van der Waals surface area contributed by atoms with Crippen LogP contribution in [0.3, 0.4) is 0 Å². The fraction of sp³-hybridized carbons (Fsp3) is 0.611. The van der Waals surface area contributed by atoms with Crippen LogP contribution in [-0.4, -0.2) is 37.0 Å². The molecule has 2 aliphatic rings. The number of para-hydroxylation sites is 1. The molecule has 1 amide bonds. The molecule has 0 radical (unpaired) electrons. The Morgan fingerprint density at radius 2 is 2.00 bits per heavy atom. The number of hydrogen-bond acceptors (Lipinski definition) is 2. The third-order valence-corrected chi connectivity index (χ3v) is 5.06. The highest BCUT2D eigenvalue weighted by molar-refractivity contribution is 5.95. The SMILES string of the molecule is CN(CCC(=O)N1CCc2ccccc21)C1CCCCC1. The maximum absolute atomic E-state index is 12.5. The summed E-state index contributed by atoms with van der Waals surface area (Å²) in [6.07, 6.45) is 8.33. The van der Waals surface area contributed by atoms with Crippen molar-refractivity contribution < 1.29 is 4.79 Å². The Balaban J connectivity index is 1.53. The van der Waals surface area contributed by atoms with Crippen molar-refractivity contribution in [3.8, 4) is 0 Å². The molecule has 3 nitrogen and oxygen atoms in total. The van der Waals surface area contributed by atoms with E-state index >= 15 is 0 Å². The van der Waals surface area contributed by atoms with Gasteiger partial charge in [-0.15, -0.1) is 0 Å². The van der Waals surface area contributed by atoms with Crippen LogP contribution >= 0.6 is 0 Å². The maximum atomic E-state index is 12.5. The van der Waals surface area contributed by atoms with Crippen LogP contribution in [0.4, 0.5) is 5.69 Å². The van der Waals surface area contributed by atoms with Crippen LogP contribution in [0.5, 0.6) is 0 Å². The molecule has 1 aromatic carbocycles. The molecule has 1 aromatic rings. The predicted octanol–water partition coefficient (Wildman–Crippen LogP) is 3.23. The number of rotatable bonds is 4. The van der Waals surface area contributed by atoms with Crippen LogP contribution in [0.25, 0.3) is 0 Å². The second kappa shape index (κ2) is 6.61. The summed E-state index contributed by atoms with van der Waals surface area (Å²) in [5.74, 6) is 0.280. The minimum Gasteiger partial charge on any atom is -0.312 e. The van der Waals surface area contributed by atoms with Gasteiger partial charge >= 0.3 is 0 Å². The Hall–Kier alpha value is -1.35. The molecule has 1 aliphatic heterocycles. The first-order valence-electron chi connectivity index (χ1n) is 8.34. The van der Waals surface area contributed by atoms with Gasteiger partial charge in [-0.25, -0.2) is 0 Å². The lowest BCUT2D eigenvalue weighted by Gasteiger charge is -2.31. The van der Waals surface area contributed by atoms with Gasteiger partial charge in [0.25, 0.3) is 0 Å². The highest BCUT2D eigenvalue weighted by Gasteiger charge is 2.25. The van der Waals surface area contributed by atoms with Crippen molar-refractivity contribution in [1.82, 2.24) is 4.90 Å². The second-order valence-electron chi connectivity index (χ2n) is 6.45. The summed E-state index contributed by atoms with van der Waals surface area (Å²) in [6, 6.07) is 8.99. The van der Waals surface area contributed by atoms with Crippen molar-refractivity contribution in [2.45, 2.75) is 51.0 Å². The monoisotopic (exact) mass is 286 g/mol. The zero-order chi connectivity index (χ0) is 14.7. The lowest BCUT2D eigenvalue weighted by Crippen LogP contribution is -2.37. The summed E-state index contributed by atoms with van der Waals surface area (Å²) in [5, 5.41) is 0. The van der Waals surface area contributed by atoms with Gasteiger partial charge in [0.15, 0.2) is 0 Å². The number of benzene rings is 1. The van der Waals surface area contributed by atoms with Gasteiger partial charge in [-0.05, 0) is 37.9 Å². The Bertz CT molecular complexity index is 494. The molecule has 1 saturated carbocycles. The van der Waals surface area contributed by atoms with Gasteiger partial charge in [0.05, 0.1) is 0 Å². The van der Waals surface area contributed by atoms with Crippen molar-refractivity contribution in [2.24, 2.45) is 0 Å². The zero-order valence-electron chi connectivity index (χ0n) is 13.1. The fourth-order valence-corrected chi connectivity index (χ4v) is 3.71. The molecule has 3 heteroatoms. The molecular weight excluding hydrogens is 260 g/mol. The third kappa shape index (κ3) is 3.29. The molecule has 114 valence electrons. The van der Waals surface area contributed by atoms with Crippen molar-refractivity contribution in [3.63, 3.8) is 0 Å². The molecule has 21 heavy (non-hydrogen) atoms. The molecular formula is C18H26N2O. The van der Waals surface area contributed by atoms with Crippen LogP contribution in [-0.2, 0) is 11.2 Å². The molecule has 0 bridgehead atoms. The van der Waals surface area contributed by atoms with E-state index in [0.717, 1.165) is 25.2 Å². The first-order valence-corrected chi connectivity index (χ1v) is 8.34. The first-order chi connectivity index (χ1) is 10.3. The number of carbonyl (C=O) groups excluding carboxylic acids is 1. The van der Waals surface area contributed by atoms with Gasteiger partial charge in [0, 0.05) is 31.2 Å². The van der Waals surface area contributed by atoms with E-state index < -0.39 is 0 Å². The fourth-order valence-electron chi connectivity index (χ4n) is 3.71. The van der Waals surface area contributed by atoms with Crippen molar-refractivity contribution >= 4 is 11.6 Å². The van der Waals surface area contributed by atoms with Gasteiger partial charge < -0.3 is 9.80 Å². The molecule has 0 unspecified atom stereocenters. The van der Waals surface area contributed by atoms with Gasteiger partial charge in [-0.3, -0.25) is 4.79 Å². The first kappa shape index (κ1) is 14.6. The van der Waals surface area contributed by atoms with Crippen LogP contribution in [0.1, 0.15) is 44.1 Å². The van der Waals surface area contributed by atoms with E-state index in [1.165, 1.54) is 37.7 Å². The van der Waals surface area contributed by atoms with Crippen LogP contribution < -0.4 is 4.90 Å². The molecule has 1 heterocycles. The molecule has 1 fully saturated rings. The summed E-state index contributed by atoms with van der Waals surface area (Å²) in [5.41, 5.74) is 2.44. The topological polar surface area (TPSA) is 23.6 Å². The quantitative estimate of drug-likeness (QED) is 0.848. The number of fused-ring (bicyclic) bond motifs is 1. The average Bonchev–Trinajstić information content (AvgIpc) is 2.97. The van der Waals surface area contributed by atoms with E-state index in [0.29, 0.717) is 12.5 Å². The highest BCUT2D eigenvalue weighted by Crippen LogP contribution is 2.28. The second-order valence-corrected chi connectivity index (χ2v) is 6.45. The average molecular weight is 286 g/mol. The van der Waals surface area contributed by atoms with Gasteiger partial charge in [-0.1, -0.05) is 37.5 Å². The van der Waals surface area contributed by atoms with Gasteiger partial charge in [0.2, 0.25) is 5.91 Å². The molecule has 0 saturated heterocycles. The van der Waals surface area contributed by atoms with E-state index in [1.807, 2.05) is 11.0 Å². The van der Waals surface area contributed by atoms with Crippen LogP contribution in [0.2, 0.25) is 0 Å². The highest BCUT2D eigenvalue weighted by atomic mass is 16.2. The Morgan fingerprint density at radius 3 is 2.81 bits per heavy atom. The smallest absolute Gasteiger partial charge is 0.228 e. The standard InChI is InChI=1S/C18H26N2O/c1-19(16-8-3-2-4-9-16)13-12-18(21)20-14-11-15-7-5-6-10-17(15)20/h5-7,10,16H,2-4,8-9,11-14H2,1H3. The minimum atomic E-state index is 0.280. The van der Waals surface area contributed by atoms with Crippen LogP contribution in [0, 0.1) is 0 Å². The van der Waals surface area contributed by atoms with E-state index in [1.54, 1.807) is 0 Å². The molecule has 1 aliphatic carbocycles. The van der Waals surface area contributed by atoms with E-state index in [9.17, 15) is 4.79 Å². The molecule has 0 atom stereocenters. The van der Waals surface area contributed by atoms with Gasteiger partial charge in [0.1, 0.15) is 0 Å². The summed E-state index contributed by atoms with van der Waals surface area (Å²) in [7, 11) is 2.18. The number of amides is 1. The molecule has 0 N–H and O–H groups in total. The van der Waals surface area contributed by atoms with Gasteiger partial charge in [-0.2, -0.15) is 0 Å². The Labute approximate surface area is 127 Å². The van der Waals surface area contributed by atoms with Crippen molar-refractivity contribution in [1.29, 1.82) is 0 Å². The normalized spacial score (nSPS) is 19.0. The lowest BCUT2D eigenvalue weighted by atomic mass is 9.94. The largest absolute Gasteiger partial charge is 0.312 e. The predicted molar refractivity (Wildman–Crippen MR) is 86.6 cm³/mol. The summed E-state index contributed by atoms with van der Waals surface area (Å²) in [4.78, 5) is 16.9. The lowest BCUT2D eigenvalue weighted by molar-refractivity contribution is -0.118. The van der Waals surface area contributed by atoms with E-state index in [4.69, 9.17) is 0 Å². The Kier molecular flexibility index (Phi) is 4.59. The van der Waals surface area contributed by atoms with Crippen LogP contribution in [0.15, 0.2) is 24.3 Å². The van der Waals surface area contributed by atoms with Crippen molar-refractivity contribution in [2.75, 3.05) is 25.0 Å². The third-order valence-electron chi connectivity index (χ3n) is 5.06. The van der Waals surface area contributed by atoms with E-state index in [-0.39, 0.29) is 5.91 Å². The summed E-state index contributed by atoms with van der Waals surface area (Å²) < 4.78 is 0. The summed E-state index contributed by atoms with van der Waals surface area (Å²) >= 11 is 0. The Morgan fingerprint density at radius 1 is 1.24 bits per heavy atom. The zero-order valence-corrected chi connectivity index (χ0v) is 13.1. The molecule has 0 aromatic heterocycles. The van der Waals surface area contributed by atoms with E-state index in [2.05, 4.69) is 30.1 Å². The molecule has 0 spiro atoms.